The van der Waals surface area contributed by atoms with E-state index in [1.54, 1.807) is 6.07 Å². The summed E-state index contributed by atoms with van der Waals surface area (Å²) in [5.74, 6) is -0.0229. The SMILES string of the molecule is Cc1ccc(C(=O)CCl)c(Br)c1. The van der Waals surface area contributed by atoms with Gasteiger partial charge >= 0.3 is 0 Å². The summed E-state index contributed by atoms with van der Waals surface area (Å²) in [6.45, 7) is 1.97. The molecule has 0 amide bonds. The Hall–Kier alpha value is -0.340. The van der Waals surface area contributed by atoms with Crippen molar-refractivity contribution in [2.45, 2.75) is 6.92 Å². The van der Waals surface area contributed by atoms with E-state index >= 15 is 0 Å². The molecule has 1 rings (SSSR count). The molecule has 0 aliphatic carbocycles. The van der Waals surface area contributed by atoms with Gasteiger partial charge in [0.05, 0.1) is 5.88 Å². The lowest BCUT2D eigenvalue weighted by atomic mass is 10.1. The third kappa shape index (κ3) is 2.08. The summed E-state index contributed by atoms with van der Waals surface area (Å²) in [6, 6.07) is 5.58. The van der Waals surface area contributed by atoms with Crippen molar-refractivity contribution in [3.8, 4) is 0 Å². The molecule has 1 aromatic rings. The van der Waals surface area contributed by atoms with E-state index in [1.807, 2.05) is 19.1 Å². The first-order valence-corrected chi connectivity index (χ1v) is 4.83. The largest absolute Gasteiger partial charge is 0.293 e. The number of rotatable bonds is 2. The number of hydrogen-bond acceptors (Lipinski definition) is 1. The second-order valence-corrected chi connectivity index (χ2v) is 3.66. The predicted octanol–water partition coefficient (Wildman–Crippen LogP) is 3.18. The molecule has 0 radical (unpaired) electrons. The summed E-state index contributed by atoms with van der Waals surface area (Å²) >= 11 is 8.74. The first-order chi connectivity index (χ1) is 5.65. The Morgan fingerprint density at radius 3 is 2.75 bits per heavy atom. The fraction of sp³-hybridized carbons (Fsp3) is 0.222. The van der Waals surface area contributed by atoms with Crippen LogP contribution in [0.15, 0.2) is 22.7 Å². The smallest absolute Gasteiger partial charge is 0.178 e. The summed E-state index contributed by atoms with van der Waals surface area (Å²) < 4.78 is 0.813. The molecular formula is C9H8BrClO. The highest BCUT2D eigenvalue weighted by molar-refractivity contribution is 9.10. The third-order valence-corrected chi connectivity index (χ3v) is 2.45. The standard InChI is InChI=1S/C9H8BrClO/c1-6-2-3-7(8(10)4-6)9(12)5-11/h2-4H,5H2,1H3. The molecule has 0 aliphatic heterocycles. The zero-order chi connectivity index (χ0) is 9.14. The number of carbonyl (C=O) groups excluding carboxylic acids is 1. The van der Waals surface area contributed by atoms with Crippen molar-refractivity contribution in [1.29, 1.82) is 0 Å². The molecule has 0 aromatic heterocycles. The highest BCUT2D eigenvalue weighted by Crippen LogP contribution is 2.18. The minimum atomic E-state index is -0.0523. The van der Waals surface area contributed by atoms with E-state index in [0.29, 0.717) is 5.56 Å². The molecule has 0 bridgehead atoms. The quantitative estimate of drug-likeness (QED) is 0.579. The minimum Gasteiger partial charge on any atom is -0.293 e. The Labute approximate surface area is 84.9 Å². The van der Waals surface area contributed by atoms with Gasteiger partial charge in [-0.3, -0.25) is 4.79 Å². The van der Waals surface area contributed by atoms with Crippen LogP contribution < -0.4 is 0 Å². The van der Waals surface area contributed by atoms with Gasteiger partial charge in [-0.2, -0.15) is 0 Å². The number of aryl methyl sites for hydroxylation is 1. The van der Waals surface area contributed by atoms with Crippen LogP contribution in [0.4, 0.5) is 0 Å². The highest BCUT2D eigenvalue weighted by atomic mass is 79.9. The van der Waals surface area contributed by atoms with Crippen LogP contribution >= 0.6 is 27.5 Å². The molecule has 0 unspecified atom stereocenters. The number of carbonyl (C=O) groups is 1. The van der Waals surface area contributed by atoms with Crippen molar-refractivity contribution < 1.29 is 4.79 Å². The van der Waals surface area contributed by atoms with Gasteiger partial charge in [-0.05, 0) is 24.6 Å². The summed E-state index contributed by atoms with van der Waals surface area (Å²) in [7, 11) is 0. The lowest BCUT2D eigenvalue weighted by Crippen LogP contribution is -2.01. The Balaban J connectivity index is 3.09. The average Bonchev–Trinajstić information content (AvgIpc) is 2.03. The van der Waals surface area contributed by atoms with Gasteiger partial charge in [-0.1, -0.05) is 22.0 Å². The Bertz CT molecular complexity index is 309. The lowest BCUT2D eigenvalue weighted by molar-refractivity contribution is 0.102. The normalized spacial score (nSPS) is 9.92. The van der Waals surface area contributed by atoms with Gasteiger partial charge < -0.3 is 0 Å². The number of halogens is 2. The van der Waals surface area contributed by atoms with E-state index in [1.165, 1.54) is 0 Å². The van der Waals surface area contributed by atoms with Crippen molar-refractivity contribution in [1.82, 2.24) is 0 Å². The molecule has 0 heterocycles. The van der Waals surface area contributed by atoms with Crippen LogP contribution in [0, 0.1) is 6.92 Å². The Kier molecular flexibility index (Phi) is 3.29. The van der Waals surface area contributed by atoms with Crippen molar-refractivity contribution in [2.24, 2.45) is 0 Å². The van der Waals surface area contributed by atoms with Gasteiger partial charge in [0.1, 0.15) is 0 Å². The monoisotopic (exact) mass is 246 g/mol. The van der Waals surface area contributed by atoms with Crippen LogP contribution in [-0.4, -0.2) is 11.7 Å². The van der Waals surface area contributed by atoms with Gasteiger partial charge in [-0.15, -0.1) is 11.6 Å². The van der Waals surface area contributed by atoms with E-state index in [9.17, 15) is 4.79 Å². The van der Waals surface area contributed by atoms with Crippen molar-refractivity contribution >= 4 is 33.3 Å². The first-order valence-electron chi connectivity index (χ1n) is 3.50. The molecule has 0 fully saturated rings. The van der Waals surface area contributed by atoms with Crippen molar-refractivity contribution in [3.63, 3.8) is 0 Å². The van der Waals surface area contributed by atoms with Crippen LogP contribution in [0.5, 0.6) is 0 Å². The minimum absolute atomic E-state index is 0.0294. The number of ketones is 1. The van der Waals surface area contributed by atoms with Crippen molar-refractivity contribution in [3.05, 3.63) is 33.8 Å². The number of alkyl halides is 1. The van der Waals surface area contributed by atoms with Gasteiger partial charge in [0.25, 0.3) is 0 Å². The maximum Gasteiger partial charge on any atom is 0.178 e. The van der Waals surface area contributed by atoms with E-state index in [-0.39, 0.29) is 11.7 Å². The average molecular weight is 248 g/mol. The molecule has 1 nitrogen and oxygen atoms in total. The summed E-state index contributed by atoms with van der Waals surface area (Å²) in [4.78, 5) is 11.2. The molecular weight excluding hydrogens is 239 g/mol. The zero-order valence-corrected chi connectivity index (χ0v) is 8.95. The molecule has 3 heteroatoms. The molecule has 1 aromatic carbocycles. The van der Waals surface area contributed by atoms with E-state index in [4.69, 9.17) is 11.6 Å². The Morgan fingerprint density at radius 2 is 2.25 bits per heavy atom. The van der Waals surface area contributed by atoms with E-state index < -0.39 is 0 Å². The second kappa shape index (κ2) is 4.06. The molecule has 0 N–H and O–H groups in total. The number of benzene rings is 1. The molecule has 0 atom stereocenters. The maximum atomic E-state index is 11.2. The van der Waals surface area contributed by atoms with Crippen LogP contribution in [0.3, 0.4) is 0 Å². The molecule has 0 aliphatic rings. The molecule has 0 spiro atoms. The second-order valence-electron chi connectivity index (χ2n) is 2.54. The molecule has 0 saturated carbocycles. The third-order valence-electron chi connectivity index (χ3n) is 1.55. The first kappa shape index (κ1) is 9.75. The molecule has 12 heavy (non-hydrogen) atoms. The van der Waals surface area contributed by atoms with E-state index in [0.717, 1.165) is 10.0 Å². The van der Waals surface area contributed by atoms with Crippen LogP contribution in [-0.2, 0) is 0 Å². The Morgan fingerprint density at radius 1 is 1.58 bits per heavy atom. The summed E-state index contributed by atoms with van der Waals surface area (Å²) in [5.41, 5.74) is 1.77. The van der Waals surface area contributed by atoms with E-state index in [2.05, 4.69) is 15.9 Å². The van der Waals surface area contributed by atoms with Crippen LogP contribution in [0.2, 0.25) is 0 Å². The van der Waals surface area contributed by atoms with Gasteiger partial charge in [0.2, 0.25) is 0 Å². The maximum absolute atomic E-state index is 11.2. The van der Waals surface area contributed by atoms with Gasteiger partial charge in [0.15, 0.2) is 5.78 Å². The topological polar surface area (TPSA) is 17.1 Å². The lowest BCUT2D eigenvalue weighted by Gasteiger charge is -2.01. The van der Waals surface area contributed by atoms with Gasteiger partial charge in [-0.25, -0.2) is 0 Å². The fourth-order valence-corrected chi connectivity index (χ4v) is 1.78. The molecule has 64 valence electrons. The molecule has 0 saturated heterocycles. The predicted molar refractivity (Wildman–Crippen MR) is 53.9 cm³/mol. The summed E-state index contributed by atoms with van der Waals surface area (Å²) in [6.07, 6.45) is 0. The zero-order valence-electron chi connectivity index (χ0n) is 6.60. The fourth-order valence-electron chi connectivity index (χ4n) is 0.918. The number of hydrogen-bond donors (Lipinski definition) is 0. The van der Waals surface area contributed by atoms with Crippen molar-refractivity contribution in [2.75, 3.05) is 5.88 Å². The van der Waals surface area contributed by atoms with Crippen LogP contribution in [0.25, 0.3) is 0 Å². The number of Topliss-reactive ketones (excluding diaryl/α,β-unsaturated/α-hetero) is 1. The van der Waals surface area contributed by atoms with Gasteiger partial charge in [0, 0.05) is 10.0 Å². The summed E-state index contributed by atoms with van der Waals surface area (Å²) in [5, 5.41) is 0. The van der Waals surface area contributed by atoms with Crippen LogP contribution in [0.1, 0.15) is 15.9 Å². The highest BCUT2D eigenvalue weighted by Gasteiger charge is 2.07.